The minimum Gasteiger partial charge on any atom is -0.339 e. The van der Waals surface area contributed by atoms with Crippen molar-refractivity contribution in [1.82, 2.24) is 10.6 Å². The van der Waals surface area contributed by atoms with Crippen molar-refractivity contribution in [2.75, 3.05) is 5.32 Å². The predicted octanol–water partition coefficient (Wildman–Crippen LogP) is 4.70. The number of carbonyl (C=O) groups excluding carboxylic acids is 1. The highest BCUT2D eigenvalue weighted by atomic mass is 127. The average molecular weight is 529 g/mol. The molecule has 0 spiro atoms. The molecule has 3 N–H and O–H groups in total. The zero-order valence-corrected chi connectivity index (χ0v) is 17.8. The van der Waals surface area contributed by atoms with Crippen LogP contribution in [0.2, 0.25) is 0 Å². The van der Waals surface area contributed by atoms with Crippen LogP contribution in [-0.2, 0) is 0 Å². The van der Waals surface area contributed by atoms with Crippen LogP contribution in [0, 0.1) is 3.57 Å². The summed E-state index contributed by atoms with van der Waals surface area (Å²) in [5, 5.41) is 8.64. The van der Waals surface area contributed by atoms with Crippen molar-refractivity contribution >= 4 is 86.3 Å². The van der Waals surface area contributed by atoms with E-state index < -0.39 is 9.96 Å². The second kappa shape index (κ2) is 9.23. The Balaban J connectivity index is 2.08. The number of benzene rings is 2. The molecule has 0 aliphatic heterocycles. The van der Waals surface area contributed by atoms with Gasteiger partial charge in [0.1, 0.15) is 6.17 Å². The fourth-order valence-corrected chi connectivity index (χ4v) is 3.07. The first-order valence-corrected chi connectivity index (χ1v) is 9.64. The third kappa shape index (κ3) is 6.45. The van der Waals surface area contributed by atoms with Crippen LogP contribution in [0.15, 0.2) is 54.6 Å². The lowest BCUT2D eigenvalue weighted by Crippen LogP contribution is -2.56. The highest BCUT2D eigenvalue weighted by Gasteiger charge is 2.35. The van der Waals surface area contributed by atoms with Crippen molar-refractivity contribution in [1.29, 1.82) is 0 Å². The maximum Gasteiger partial charge on any atom is 0.254 e. The summed E-state index contributed by atoms with van der Waals surface area (Å²) in [5.41, 5.74) is 1.25. The Kier molecular flexibility index (Phi) is 7.57. The van der Waals surface area contributed by atoms with Crippen LogP contribution >= 0.6 is 69.6 Å². The Morgan fingerprint density at radius 2 is 1.60 bits per heavy atom. The predicted molar refractivity (Wildman–Crippen MR) is 117 cm³/mol. The van der Waals surface area contributed by atoms with Gasteiger partial charge in [-0.25, -0.2) is 0 Å². The van der Waals surface area contributed by atoms with Gasteiger partial charge in [-0.2, -0.15) is 0 Å². The molecule has 132 valence electrons. The van der Waals surface area contributed by atoms with E-state index in [1.807, 2.05) is 42.5 Å². The van der Waals surface area contributed by atoms with Gasteiger partial charge in [0.15, 0.2) is 5.11 Å². The van der Waals surface area contributed by atoms with Crippen LogP contribution in [0.4, 0.5) is 5.69 Å². The van der Waals surface area contributed by atoms with Crippen LogP contribution < -0.4 is 16.0 Å². The van der Waals surface area contributed by atoms with Gasteiger partial charge >= 0.3 is 0 Å². The van der Waals surface area contributed by atoms with Crippen molar-refractivity contribution in [3.63, 3.8) is 0 Å². The van der Waals surface area contributed by atoms with Gasteiger partial charge in [0.2, 0.25) is 3.79 Å². The van der Waals surface area contributed by atoms with Crippen LogP contribution in [-0.4, -0.2) is 21.0 Å². The van der Waals surface area contributed by atoms with Gasteiger partial charge < -0.3 is 16.0 Å². The number of hydrogen-bond donors (Lipinski definition) is 3. The van der Waals surface area contributed by atoms with Crippen LogP contribution in [0.25, 0.3) is 0 Å². The lowest BCUT2D eigenvalue weighted by atomic mass is 10.2. The van der Waals surface area contributed by atoms with Crippen LogP contribution in [0.5, 0.6) is 0 Å². The van der Waals surface area contributed by atoms with Crippen molar-refractivity contribution in [3.05, 3.63) is 63.7 Å². The number of para-hydroxylation sites is 1. The molecule has 0 saturated heterocycles. The molecule has 2 rings (SSSR count). The van der Waals surface area contributed by atoms with Gasteiger partial charge in [0.05, 0.1) is 5.56 Å². The molecule has 2 aromatic carbocycles. The molecule has 1 amide bonds. The Morgan fingerprint density at radius 3 is 2.20 bits per heavy atom. The highest BCUT2D eigenvalue weighted by Crippen LogP contribution is 2.29. The fourth-order valence-electron chi connectivity index (χ4n) is 1.87. The van der Waals surface area contributed by atoms with Gasteiger partial charge in [-0.3, -0.25) is 4.79 Å². The van der Waals surface area contributed by atoms with E-state index in [1.54, 1.807) is 12.1 Å². The molecule has 0 aliphatic rings. The molecule has 0 unspecified atom stereocenters. The number of halogens is 4. The SMILES string of the molecule is O=C(N[C@@H](NC(=S)Nc1ccccc1)C(Cl)(Cl)Cl)c1ccccc1I. The maximum atomic E-state index is 12.5. The fraction of sp³-hybridized carbons (Fsp3) is 0.125. The average Bonchev–Trinajstić information content (AvgIpc) is 2.54. The summed E-state index contributed by atoms with van der Waals surface area (Å²) in [6, 6.07) is 16.4. The molecular formula is C16H13Cl3IN3OS. The number of carbonyl (C=O) groups is 1. The number of anilines is 1. The minimum absolute atomic E-state index is 0.214. The molecule has 0 saturated carbocycles. The number of nitrogens with one attached hydrogen (secondary N) is 3. The van der Waals surface area contributed by atoms with Crippen molar-refractivity contribution in [2.24, 2.45) is 0 Å². The maximum absolute atomic E-state index is 12.5. The Hall–Kier alpha value is -0.800. The van der Waals surface area contributed by atoms with Crippen LogP contribution in [0.3, 0.4) is 0 Å². The number of alkyl halides is 3. The summed E-state index contributed by atoms with van der Waals surface area (Å²) in [5.74, 6) is -0.378. The normalized spacial score (nSPS) is 12.2. The highest BCUT2D eigenvalue weighted by molar-refractivity contribution is 14.1. The smallest absolute Gasteiger partial charge is 0.254 e. The van der Waals surface area contributed by atoms with Crippen molar-refractivity contribution in [3.8, 4) is 0 Å². The number of hydrogen-bond acceptors (Lipinski definition) is 2. The zero-order valence-electron chi connectivity index (χ0n) is 12.6. The number of amides is 1. The summed E-state index contributed by atoms with van der Waals surface area (Å²) in [6.45, 7) is 0. The largest absolute Gasteiger partial charge is 0.339 e. The van der Waals surface area contributed by atoms with Crippen LogP contribution in [0.1, 0.15) is 10.4 Å². The van der Waals surface area contributed by atoms with E-state index in [2.05, 4.69) is 38.5 Å². The van der Waals surface area contributed by atoms with E-state index in [0.29, 0.717) is 5.56 Å². The zero-order chi connectivity index (χ0) is 18.4. The number of rotatable bonds is 4. The van der Waals surface area contributed by atoms with Gasteiger partial charge in [-0.05, 0) is 59.1 Å². The topological polar surface area (TPSA) is 53.2 Å². The molecule has 1 atom stereocenters. The quantitative estimate of drug-likeness (QED) is 0.233. The summed E-state index contributed by atoms with van der Waals surface area (Å²) in [4.78, 5) is 12.5. The van der Waals surface area contributed by atoms with E-state index in [9.17, 15) is 4.79 Å². The summed E-state index contributed by atoms with van der Waals surface area (Å²) in [7, 11) is 0. The molecular weight excluding hydrogens is 516 g/mol. The molecule has 0 radical (unpaired) electrons. The molecule has 0 heterocycles. The molecule has 25 heavy (non-hydrogen) atoms. The third-order valence-corrected chi connectivity index (χ3v) is 4.84. The van der Waals surface area contributed by atoms with Gasteiger partial charge in [0, 0.05) is 9.26 Å². The lowest BCUT2D eigenvalue weighted by molar-refractivity contribution is 0.0933. The van der Waals surface area contributed by atoms with E-state index >= 15 is 0 Å². The van der Waals surface area contributed by atoms with Crippen molar-refractivity contribution in [2.45, 2.75) is 9.96 Å². The van der Waals surface area contributed by atoms with E-state index in [1.165, 1.54) is 0 Å². The molecule has 2 aromatic rings. The third-order valence-electron chi connectivity index (χ3n) is 3.03. The summed E-state index contributed by atoms with van der Waals surface area (Å²) in [6.07, 6.45) is -1.02. The van der Waals surface area contributed by atoms with Gasteiger partial charge in [-0.15, -0.1) is 0 Å². The number of thiocarbonyl (C=S) groups is 1. The van der Waals surface area contributed by atoms with E-state index in [4.69, 9.17) is 47.0 Å². The van der Waals surface area contributed by atoms with E-state index in [0.717, 1.165) is 9.26 Å². The van der Waals surface area contributed by atoms with Gasteiger partial charge in [0.25, 0.3) is 5.91 Å². The molecule has 4 nitrogen and oxygen atoms in total. The second-order valence-electron chi connectivity index (χ2n) is 4.89. The molecule has 0 aromatic heterocycles. The Labute approximate surface area is 179 Å². The summed E-state index contributed by atoms with van der Waals surface area (Å²) >= 11 is 25.2. The summed E-state index contributed by atoms with van der Waals surface area (Å²) < 4.78 is -1.02. The van der Waals surface area contributed by atoms with Crippen molar-refractivity contribution < 1.29 is 4.79 Å². The first kappa shape index (κ1) is 20.5. The van der Waals surface area contributed by atoms with Gasteiger partial charge in [-0.1, -0.05) is 65.1 Å². The first-order valence-electron chi connectivity index (χ1n) is 7.02. The Morgan fingerprint density at radius 1 is 1.00 bits per heavy atom. The second-order valence-corrected chi connectivity index (χ2v) is 8.83. The standard InChI is InChI=1S/C16H13Cl3IN3OS/c17-16(18,19)14(22-13(24)11-8-4-5-9-12(11)20)23-15(25)21-10-6-2-1-3-7-10/h1-9,14H,(H,22,24)(H2,21,23,25)/t14-/m0/s1. The first-order chi connectivity index (χ1) is 11.8. The monoisotopic (exact) mass is 527 g/mol. The molecule has 9 heteroatoms. The lowest BCUT2D eigenvalue weighted by Gasteiger charge is -2.28. The van der Waals surface area contributed by atoms with E-state index in [-0.39, 0.29) is 11.0 Å². The minimum atomic E-state index is -1.81. The molecule has 0 bridgehead atoms. The molecule has 0 aliphatic carbocycles. The Bertz CT molecular complexity index is 756. The molecule has 0 fully saturated rings.